The van der Waals surface area contributed by atoms with Gasteiger partial charge in [-0.15, -0.1) is 0 Å². The van der Waals surface area contributed by atoms with Crippen molar-refractivity contribution in [3.63, 3.8) is 0 Å². The lowest BCUT2D eigenvalue weighted by Gasteiger charge is -2.18. The standard InChI is InChI=1S/C13H15Cl2NO4/c1-3-11(13(18)19)16-12(17)7(2)20-8-4-5-9(14)10(15)6-8/h4-7,11H,3H2,1-2H3,(H,16,17)(H,18,19). The summed E-state index contributed by atoms with van der Waals surface area (Å²) in [6, 6.07) is 3.69. The first-order chi connectivity index (χ1) is 9.35. The van der Waals surface area contributed by atoms with Crippen LogP contribution in [0.4, 0.5) is 0 Å². The van der Waals surface area contributed by atoms with Crippen molar-refractivity contribution in [2.45, 2.75) is 32.4 Å². The van der Waals surface area contributed by atoms with Crippen molar-refractivity contribution in [2.24, 2.45) is 0 Å². The van der Waals surface area contributed by atoms with Crippen LogP contribution < -0.4 is 10.1 Å². The number of rotatable bonds is 6. The highest BCUT2D eigenvalue weighted by atomic mass is 35.5. The Morgan fingerprint density at radius 3 is 2.50 bits per heavy atom. The van der Waals surface area contributed by atoms with E-state index in [2.05, 4.69) is 5.32 Å². The fraction of sp³-hybridized carbons (Fsp3) is 0.385. The normalized spacial score (nSPS) is 13.4. The number of benzene rings is 1. The van der Waals surface area contributed by atoms with E-state index in [4.69, 9.17) is 33.0 Å². The molecule has 110 valence electrons. The maximum Gasteiger partial charge on any atom is 0.326 e. The number of hydrogen-bond donors (Lipinski definition) is 2. The van der Waals surface area contributed by atoms with Crippen LogP contribution in [0.25, 0.3) is 0 Å². The maximum atomic E-state index is 11.8. The van der Waals surface area contributed by atoms with Gasteiger partial charge in [0.05, 0.1) is 10.0 Å². The van der Waals surface area contributed by atoms with Crippen LogP contribution in [0.2, 0.25) is 10.0 Å². The molecule has 20 heavy (non-hydrogen) atoms. The van der Waals surface area contributed by atoms with Gasteiger partial charge in [0.1, 0.15) is 11.8 Å². The van der Waals surface area contributed by atoms with Gasteiger partial charge in [0.25, 0.3) is 5.91 Å². The SMILES string of the molecule is CCC(NC(=O)C(C)Oc1ccc(Cl)c(Cl)c1)C(=O)O. The predicted octanol–water partition coefficient (Wildman–Crippen LogP) is 2.74. The fourth-order valence-electron chi connectivity index (χ4n) is 1.44. The molecule has 0 aliphatic rings. The minimum Gasteiger partial charge on any atom is -0.481 e. The Bertz CT molecular complexity index is 507. The number of amides is 1. The van der Waals surface area contributed by atoms with Crippen LogP contribution in [-0.4, -0.2) is 29.1 Å². The maximum absolute atomic E-state index is 11.8. The molecule has 5 nitrogen and oxygen atoms in total. The van der Waals surface area contributed by atoms with Gasteiger partial charge in [-0.25, -0.2) is 4.79 Å². The van der Waals surface area contributed by atoms with E-state index in [-0.39, 0.29) is 0 Å². The van der Waals surface area contributed by atoms with Crippen LogP contribution in [0, 0.1) is 0 Å². The van der Waals surface area contributed by atoms with Gasteiger partial charge in [0.2, 0.25) is 0 Å². The Hall–Kier alpha value is -1.46. The fourth-order valence-corrected chi connectivity index (χ4v) is 1.72. The Balaban J connectivity index is 2.65. The third-order valence-electron chi connectivity index (χ3n) is 2.60. The van der Waals surface area contributed by atoms with Gasteiger partial charge < -0.3 is 15.2 Å². The summed E-state index contributed by atoms with van der Waals surface area (Å²) in [4.78, 5) is 22.7. The second-order valence-electron chi connectivity index (χ2n) is 4.14. The zero-order valence-electron chi connectivity index (χ0n) is 11.0. The molecule has 0 bridgehead atoms. The zero-order chi connectivity index (χ0) is 15.3. The van der Waals surface area contributed by atoms with Crippen LogP contribution in [0.15, 0.2) is 18.2 Å². The minimum absolute atomic E-state index is 0.292. The smallest absolute Gasteiger partial charge is 0.326 e. The van der Waals surface area contributed by atoms with Gasteiger partial charge in [-0.3, -0.25) is 4.79 Å². The summed E-state index contributed by atoms with van der Waals surface area (Å²) < 4.78 is 5.39. The van der Waals surface area contributed by atoms with Crippen molar-refractivity contribution in [2.75, 3.05) is 0 Å². The molecular weight excluding hydrogens is 305 g/mol. The predicted molar refractivity (Wildman–Crippen MR) is 76.4 cm³/mol. The summed E-state index contributed by atoms with van der Waals surface area (Å²) in [5, 5.41) is 12.0. The number of aliphatic carboxylic acids is 1. The number of hydrogen-bond acceptors (Lipinski definition) is 3. The van der Waals surface area contributed by atoms with Crippen molar-refractivity contribution in [1.29, 1.82) is 0 Å². The van der Waals surface area contributed by atoms with E-state index in [1.165, 1.54) is 13.0 Å². The van der Waals surface area contributed by atoms with Crippen molar-refractivity contribution >= 4 is 35.1 Å². The van der Waals surface area contributed by atoms with Crippen LogP contribution in [0.3, 0.4) is 0 Å². The third-order valence-corrected chi connectivity index (χ3v) is 3.34. The summed E-state index contributed by atoms with van der Waals surface area (Å²) in [5.74, 6) is -1.21. The molecule has 0 aliphatic heterocycles. The molecule has 2 atom stereocenters. The van der Waals surface area contributed by atoms with Crippen molar-refractivity contribution < 1.29 is 19.4 Å². The number of ether oxygens (including phenoxy) is 1. The number of carboxylic acid groups (broad SMARTS) is 1. The molecule has 2 N–H and O–H groups in total. The Morgan fingerprint density at radius 1 is 1.35 bits per heavy atom. The first kappa shape index (κ1) is 16.6. The molecule has 0 fully saturated rings. The van der Waals surface area contributed by atoms with Gasteiger partial charge in [-0.2, -0.15) is 0 Å². The highest BCUT2D eigenvalue weighted by Crippen LogP contribution is 2.26. The van der Waals surface area contributed by atoms with Gasteiger partial charge in [-0.1, -0.05) is 30.1 Å². The first-order valence-electron chi connectivity index (χ1n) is 6.00. The first-order valence-corrected chi connectivity index (χ1v) is 6.75. The molecule has 0 radical (unpaired) electrons. The second kappa shape index (κ2) is 7.36. The molecule has 0 heterocycles. The second-order valence-corrected chi connectivity index (χ2v) is 4.96. The lowest BCUT2D eigenvalue weighted by atomic mass is 10.2. The number of carbonyl (C=O) groups excluding carboxylic acids is 1. The highest BCUT2D eigenvalue weighted by molar-refractivity contribution is 6.42. The number of halogens is 2. The van der Waals surface area contributed by atoms with E-state index in [0.29, 0.717) is 22.2 Å². The molecule has 1 aromatic carbocycles. The molecule has 1 aromatic rings. The van der Waals surface area contributed by atoms with Crippen LogP contribution in [0.1, 0.15) is 20.3 Å². The molecule has 0 saturated heterocycles. The third kappa shape index (κ3) is 4.58. The Kier molecular flexibility index (Phi) is 6.10. The van der Waals surface area contributed by atoms with E-state index in [0.717, 1.165) is 0 Å². The van der Waals surface area contributed by atoms with Crippen molar-refractivity contribution in [1.82, 2.24) is 5.32 Å². The molecule has 0 spiro atoms. The summed E-state index contributed by atoms with van der Waals surface area (Å²) >= 11 is 11.6. The number of carboxylic acids is 1. The minimum atomic E-state index is -1.08. The quantitative estimate of drug-likeness (QED) is 0.845. The van der Waals surface area contributed by atoms with Gasteiger partial charge in [0, 0.05) is 6.07 Å². The van der Waals surface area contributed by atoms with Crippen LogP contribution >= 0.6 is 23.2 Å². The zero-order valence-corrected chi connectivity index (χ0v) is 12.5. The van der Waals surface area contributed by atoms with E-state index in [1.54, 1.807) is 19.1 Å². The van der Waals surface area contributed by atoms with E-state index < -0.39 is 24.0 Å². The topological polar surface area (TPSA) is 75.6 Å². The van der Waals surface area contributed by atoms with E-state index in [1.807, 2.05) is 0 Å². The van der Waals surface area contributed by atoms with Gasteiger partial charge in [-0.05, 0) is 25.5 Å². The van der Waals surface area contributed by atoms with Gasteiger partial charge >= 0.3 is 5.97 Å². The molecule has 0 saturated carbocycles. The summed E-state index contributed by atoms with van der Waals surface area (Å²) in [6.07, 6.45) is -0.554. The molecule has 2 unspecified atom stereocenters. The number of carbonyl (C=O) groups is 2. The summed E-state index contributed by atoms with van der Waals surface area (Å²) in [5.41, 5.74) is 0. The molecule has 0 aliphatic carbocycles. The monoisotopic (exact) mass is 319 g/mol. The lowest BCUT2D eigenvalue weighted by Crippen LogP contribution is -2.45. The van der Waals surface area contributed by atoms with Crippen LogP contribution in [-0.2, 0) is 9.59 Å². The molecule has 7 heteroatoms. The Morgan fingerprint density at radius 2 is 2.00 bits per heavy atom. The van der Waals surface area contributed by atoms with Crippen molar-refractivity contribution in [3.05, 3.63) is 28.2 Å². The average Bonchev–Trinajstić information content (AvgIpc) is 2.39. The Labute approximate surface area is 126 Å². The average molecular weight is 320 g/mol. The molecular formula is C13H15Cl2NO4. The summed E-state index contributed by atoms with van der Waals surface area (Å²) in [7, 11) is 0. The highest BCUT2D eigenvalue weighted by Gasteiger charge is 2.22. The number of nitrogens with one attached hydrogen (secondary N) is 1. The largest absolute Gasteiger partial charge is 0.481 e. The van der Waals surface area contributed by atoms with E-state index in [9.17, 15) is 9.59 Å². The molecule has 0 aromatic heterocycles. The van der Waals surface area contributed by atoms with Crippen LogP contribution in [0.5, 0.6) is 5.75 Å². The lowest BCUT2D eigenvalue weighted by molar-refractivity contribution is -0.143. The molecule has 1 rings (SSSR count). The van der Waals surface area contributed by atoms with Crippen molar-refractivity contribution in [3.8, 4) is 5.75 Å². The molecule has 1 amide bonds. The van der Waals surface area contributed by atoms with E-state index >= 15 is 0 Å². The van der Waals surface area contributed by atoms with Gasteiger partial charge in [0.15, 0.2) is 6.10 Å². The summed E-state index contributed by atoms with van der Waals surface area (Å²) in [6.45, 7) is 3.19.